The predicted octanol–water partition coefficient (Wildman–Crippen LogP) is 3.37. The van der Waals surface area contributed by atoms with Crippen LogP contribution in [0.2, 0.25) is 0 Å². The third-order valence-electron chi connectivity index (χ3n) is 4.70. The Bertz CT molecular complexity index is 1030. The van der Waals surface area contributed by atoms with Gasteiger partial charge in [0, 0.05) is 13.0 Å². The average molecular weight is 379 g/mol. The smallest absolute Gasteiger partial charge is 0.261 e. The molecule has 0 bridgehead atoms. The van der Waals surface area contributed by atoms with E-state index in [9.17, 15) is 9.59 Å². The van der Waals surface area contributed by atoms with Gasteiger partial charge in [-0.15, -0.1) is 0 Å². The highest BCUT2D eigenvalue weighted by Crippen LogP contribution is 2.17. The molecule has 6 heteroatoms. The minimum Gasteiger partial charge on any atom is -0.494 e. The number of fused-ring (bicyclic) bond motifs is 1. The van der Waals surface area contributed by atoms with Crippen LogP contribution in [0.1, 0.15) is 37.4 Å². The van der Waals surface area contributed by atoms with E-state index in [0.29, 0.717) is 17.5 Å². The van der Waals surface area contributed by atoms with Gasteiger partial charge in [0.25, 0.3) is 5.56 Å². The van der Waals surface area contributed by atoms with Crippen LogP contribution in [0.25, 0.3) is 10.9 Å². The van der Waals surface area contributed by atoms with Crippen LogP contribution in [-0.4, -0.2) is 22.1 Å². The lowest BCUT2D eigenvalue weighted by atomic mass is 10.1. The molecule has 0 aliphatic carbocycles. The average Bonchev–Trinajstić information content (AvgIpc) is 2.69. The van der Waals surface area contributed by atoms with Crippen LogP contribution >= 0.6 is 0 Å². The highest BCUT2D eigenvalue weighted by Gasteiger charge is 2.11. The maximum absolute atomic E-state index is 12.6. The van der Waals surface area contributed by atoms with E-state index < -0.39 is 0 Å². The lowest BCUT2D eigenvalue weighted by molar-refractivity contribution is -0.121. The van der Waals surface area contributed by atoms with Crippen LogP contribution in [0.15, 0.2) is 53.6 Å². The second-order valence-corrected chi connectivity index (χ2v) is 6.76. The molecule has 0 aliphatic rings. The van der Waals surface area contributed by atoms with Crippen molar-refractivity contribution < 1.29 is 9.53 Å². The first kappa shape index (κ1) is 19.6. The maximum atomic E-state index is 12.6. The highest BCUT2D eigenvalue weighted by molar-refractivity contribution is 5.80. The Labute approximate surface area is 164 Å². The molecule has 1 heterocycles. The number of hydrogen-bond donors (Lipinski definition) is 1. The Morgan fingerprint density at radius 2 is 1.96 bits per heavy atom. The van der Waals surface area contributed by atoms with Crippen molar-refractivity contribution in [1.82, 2.24) is 14.9 Å². The molecule has 0 radical (unpaired) electrons. The van der Waals surface area contributed by atoms with Gasteiger partial charge in [-0.2, -0.15) is 0 Å². The largest absolute Gasteiger partial charge is 0.494 e. The Morgan fingerprint density at radius 3 is 2.68 bits per heavy atom. The molecule has 6 nitrogen and oxygen atoms in total. The van der Waals surface area contributed by atoms with E-state index in [1.165, 1.54) is 10.9 Å². The Kier molecular flexibility index (Phi) is 6.09. The molecule has 0 saturated heterocycles. The zero-order chi connectivity index (χ0) is 20.1. The molecule has 0 aliphatic heterocycles. The highest BCUT2D eigenvalue weighted by atomic mass is 16.5. The van der Waals surface area contributed by atoms with Gasteiger partial charge >= 0.3 is 0 Å². The third kappa shape index (κ3) is 4.39. The fraction of sp³-hybridized carbons (Fsp3) is 0.318. The summed E-state index contributed by atoms with van der Waals surface area (Å²) in [6, 6.07) is 13.1. The molecule has 1 unspecified atom stereocenters. The summed E-state index contributed by atoms with van der Waals surface area (Å²) in [5.74, 6) is 0.695. The van der Waals surface area contributed by atoms with Gasteiger partial charge in [-0.05, 0) is 50.1 Å². The van der Waals surface area contributed by atoms with E-state index in [1.54, 1.807) is 6.07 Å². The molecule has 0 fully saturated rings. The fourth-order valence-corrected chi connectivity index (χ4v) is 3.14. The van der Waals surface area contributed by atoms with Crippen LogP contribution in [0.4, 0.5) is 0 Å². The Balaban J connectivity index is 1.62. The summed E-state index contributed by atoms with van der Waals surface area (Å²) < 4.78 is 6.92. The number of aromatic nitrogens is 2. The van der Waals surface area contributed by atoms with Crippen LogP contribution in [0, 0.1) is 6.92 Å². The summed E-state index contributed by atoms with van der Waals surface area (Å²) in [4.78, 5) is 29.3. The van der Waals surface area contributed by atoms with E-state index in [1.807, 2.05) is 57.2 Å². The van der Waals surface area contributed by atoms with Crippen molar-refractivity contribution in [2.75, 3.05) is 6.61 Å². The molecule has 1 N–H and O–H groups in total. The van der Waals surface area contributed by atoms with Gasteiger partial charge < -0.3 is 10.1 Å². The molecule has 0 spiro atoms. The predicted molar refractivity (Wildman–Crippen MR) is 110 cm³/mol. The fourth-order valence-electron chi connectivity index (χ4n) is 3.14. The topological polar surface area (TPSA) is 73.2 Å². The number of aryl methyl sites for hydroxylation is 2. The molecule has 1 amide bonds. The third-order valence-corrected chi connectivity index (χ3v) is 4.70. The minimum absolute atomic E-state index is 0.113. The lowest BCUT2D eigenvalue weighted by Gasteiger charge is -2.15. The van der Waals surface area contributed by atoms with E-state index >= 15 is 0 Å². The SMILES string of the molecule is CCOc1ccc(C(C)NC(=O)CCn2cnc3c(C)cccc3c2=O)cc1. The second kappa shape index (κ2) is 8.69. The zero-order valence-electron chi connectivity index (χ0n) is 16.4. The summed E-state index contributed by atoms with van der Waals surface area (Å²) in [7, 11) is 0. The first-order chi connectivity index (χ1) is 13.5. The molecule has 146 valence electrons. The first-order valence-electron chi connectivity index (χ1n) is 9.46. The van der Waals surface area contributed by atoms with E-state index in [4.69, 9.17) is 4.74 Å². The number of carbonyl (C=O) groups is 1. The molecule has 3 rings (SSSR count). The number of ether oxygens (including phenoxy) is 1. The summed E-state index contributed by atoms with van der Waals surface area (Å²) in [5.41, 5.74) is 2.54. The molecule has 3 aromatic rings. The molecular weight excluding hydrogens is 354 g/mol. The van der Waals surface area contributed by atoms with Gasteiger partial charge in [0.2, 0.25) is 5.91 Å². The number of benzene rings is 2. The summed E-state index contributed by atoms with van der Waals surface area (Å²) in [6.07, 6.45) is 1.72. The van der Waals surface area contributed by atoms with Crippen molar-refractivity contribution in [3.8, 4) is 5.75 Å². The van der Waals surface area contributed by atoms with E-state index in [2.05, 4.69) is 10.3 Å². The quantitative estimate of drug-likeness (QED) is 0.683. The zero-order valence-corrected chi connectivity index (χ0v) is 16.4. The number of nitrogens with one attached hydrogen (secondary N) is 1. The van der Waals surface area contributed by atoms with Gasteiger partial charge in [0.15, 0.2) is 0 Å². The molecule has 2 aromatic carbocycles. The molecule has 1 atom stereocenters. The number of rotatable bonds is 7. The van der Waals surface area contributed by atoms with Gasteiger partial charge in [0.1, 0.15) is 5.75 Å². The minimum atomic E-state index is -0.128. The molecule has 1 aromatic heterocycles. The summed E-state index contributed by atoms with van der Waals surface area (Å²) in [6.45, 7) is 6.70. The van der Waals surface area contributed by atoms with E-state index in [0.717, 1.165) is 16.9 Å². The van der Waals surface area contributed by atoms with Crippen molar-refractivity contribution in [2.24, 2.45) is 0 Å². The van der Waals surface area contributed by atoms with Gasteiger partial charge in [-0.1, -0.05) is 24.3 Å². The monoisotopic (exact) mass is 379 g/mol. The van der Waals surface area contributed by atoms with Crippen LogP contribution in [-0.2, 0) is 11.3 Å². The summed E-state index contributed by atoms with van der Waals surface area (Å²) >= 11 is 0. The van der Waals surface area contributed by atoms with Crippen molar-refractivity contribution >= 4 is 16.8 Å². The second-order valence-electron chi connectivity index (χ2n) is 6.76. The Morgan fingerprint density at radius 1 is 1.21 bits per heavy atom. The van der Waals surface area contributed by atoms with Crippen molar-refractivity contribution in [3.05, 3.63) is 70.3 Å². The molecule has 28 heavy (non-hydrogen) atoms. The van der Waals surface area contributed by atoms with Crippen LogP contribution in [0.3, 0.4) is 0 Å². The van der Waals surface area contributed by atoms with Crippen molar-refractivity contribution in [3.63, 3.8) is 0 Å². The van der Waals surface area contributed by atoms with Crippen molar-refractivity contribution in [2.45, 2.75) is 39.8 Å². The van der Waals surface area contributed by atoms with Crippen LogP contribution in [0.5, 0.6) is 5.75 Å². The van der Waals surface area contributed by atoms with Crippen LogP contribution < -0.4 is 15.6 Å². The van der Waals surface area contributed by atoms with Gasteiger partial charge in [-0.3, -0.25) is 14.2 Å². The van der Waals surface area contributed by atoms with Gasteiger partial charge in [-0.25, -0.2) is 4.98 Å². The number of nitrogens with zero attached hydrogens (tertiary/aromatic N) is 2. The van der Waals surface area contributed by atoms with E-state index in [-0.39, 0.29) is 30.5 Å². The number of amides is 1. The number of para-hydroxylation sites is 1. The van der Waals surface area contributed by atoms with Crippen molar-refractivity contribution in [1.29, 1.82) is 0 Å². The molecular formula is C22H25N3O3. The first-order valence-corrected chi connectivity index (χ1v) is 9.46. The molecule has 0 saturated carbocycles. The lowest BCUT2D eigenvalue weighted by Crippen LogP contribution is -2.29. The number of carbonyl (C=O) groups excluding carboxylic acids is 1. The summed E-state index contributed by atoms with van der Waals surface area (Å²) in [5, 5.41) is 3.54. The Hall–Kier alpha value is -3.15. The number of hydrogen-bond acceptors (Lipinski definition) is 4. The standard InChI is InChI=1S/C22H25N3O3/c1-4-28-18-10-8-17(9-11-18)16(3)24-20(26)12-13-25-14-23-21-15(2)6-5-7-19(21)22(25)27/h5-11,14,16H,4,12-13H2,1-3H3,(H,24,26). The van der Waals surface area contributed by atoms with Gasteiger partial charge in [0.05, 0.1) is 29.9 Å². The normalized spacial score (nSPS) is 12.0. The maximum Gasteiger partial charge on any atom is 0.261 e.